The fraction of sp³-hybridized carbons (Fsp3) is 0.278. The first-order chi connectivity index (χ1) is 12.2. The summed E-state index contributed by atoms with van der Waals surface area (Å²) in [5, 5.41) is 6.77. The number of carbonyl (C=O) groups excluding carboxylic acids is 1. The highest BCUT2D eigenvalue weighted by atomic mass is 16.3. The zero-order valence-electron chi connectivity index (χ0n) is 14.1. The van der Waals surface area contributed by atoms with Gasteiger partial charge in [0.2, 0.25) is 0 Å². The zero-order chi connectivity index (χ0) is 17.5. The van der Waals surface area contributed by atoms with Crippen molar-refractivity contribution < 1.29 is 9.21 Å². The van der Waals surface area contributed by atoms with Gasteiger partial charge in [0.1, 0.15) is 18.4 Å². The lowest BCUT2D eigenvalue weighted by atomic mass is 10.1. The van der Waals surface area contributed by atoms with Gasteiger partial charge in [-0.3, -0.25) is 14.4 Å². The Morgan fingerprint density at radius 3 is 2.72 bits per heavy atom. The van der Waals surface area contributed by atoms with Crippen LogP contribution < -0.4 is 5.32 Å². The normalized spacial score (nSPS) is 11.0. The fourth-order valence-electron chi connectivity index (χ4n) is 2.59. The highest BCUT2D eigenvalue weighted by Crippen LogP contribution is 2.12. The van der Waals surface area contributed by atoms with Gasteiger partial charge in [0.25, 0.3) is 5.91 Å². The van der Waals surface area contributed by atoms with Crippen LogP contribution in [-0.4, -0.2) is 39.2 Å². The number of nitrogens with one attached hydrogen (secondary N) is 1. The predicted molar refractivity (Wildman–Crippen MR) is 92.7 cm³/mol. The van der Waals surface area contributed by atoms with Crippen molar-refractivity contribution in [1.29, 1.82) is 0 Å². The molecule has 25 heavy (non-hydrogen) atoms. The second kappa shape index (κ2) is 8.25. The van der Waals surface area contributed by atoms with E-state index in [1.807, 2.05) is 41.1 Å². The van der Waals surface area contributed by atoms with Gasteiger partial charge in [0.15, 0.2) is 0 Å². The van der Waals surface area contributed by atoms with Gasteiger partial charge in [-0.2, -0.15) is 5.10 Å². The maximum atomic E-state index is 11.6. The molecular weight excluding hydrogens is 318 g/mol. The lowest BCUT2D eigenvalue weighted by Crippen LogP contribution is -2.27. The zero-order valence-corrected chi connectivity index (χ0v) is 14.1. The van der Waals surface area contributed by atoms with Crippen LogP contribution in [0.15, 0.2) is 59.7 Å². The fourth-order valence-corrected chi connectivity index (χ4v) is 2.59. The number of hydrogen-bond donors (Lipinski definition) is 1. The van der Waals surface area contributed by atoms with E-state index in [1.165, 1.54) is 6.33 Å². The lowest BCUT2D eigenvalue weighted by molar-refractivity contribution is 0.0963. The quantitative estimate of drug-likeness (QED) is 0.679. The first-order valence-electron chi connectivity index (χ1n) is 8.13. The van der Waals surface area contributed by atoms with Crippen LogP contribution in [0, 0.1) is 0 Å². The summed E-state index contributed by atoms with van der Waals surface area (Å²) >= 11 is 0. The molecule has 130 valence electrons. The van der Waals surface area contributed by atoms with Gasteiger partial charge in [-0.1, -0.05) is 12.1 Å². The summed E-state index contributed by atoms with van der Waals surface area (Å²) in [5.41, 5.74) is 1.80. The Morgan fingerprint density at radius 2 is 2.08 bits per heavy atom. The number of amides is 1. The molecule has 7 heteroatoms. The van der Waals surface area contributed by atoms with E-state index in [9.17, 15) is 4.79 Å². The highest BCUT2D eigenvalue weighted by Gasteiger charge is 2.10. The number of carbonyl (C=O) groups is 1. The molecule has 2 aromatic heterocycles. The van der Waals surface area contributed by atoms with Crippen LogP contribution in [0.2, 0.25) is 0 Å². The van der Waals surface area contributed by atoms with Crippen molar-refractivity contribution in [3.8, 4) is 0 Å². The SMILES string of the molecule is CNC(=O)c1ccc(CN(CCn2cncn2)Cc2ccco2)cc1. The van der Waals surface area contributed by atoms with Crippen molar-refractivity contribution in [3.05, 3.63) is 72.2 Å². The number of benzene rings is 1. The molecule has 2 heterocycles. The minimum absolute atomic E-state index is 0.0785. The van der Waals surface area contributed by atoms with Gasteiger partial charge in [0.05, 0.1) is 19.4 Å². The maximum Gasteiger partial charge on any atom is 0.251 e. The average molecular weight is 339 g/mol. The molecule has 0 saturated carbocycles. The van der Waals surface area contributed by atoms with E-state index >= 15 is 0 Å². The molecular formula is C18H21N5O2. The van der Waals surface area contributed by atoms with Gasteiger partial charge in [0, 0.05) is 25.7 Å². The van der Waals surface area contributed by atoms with E-state index in [1.54, 1.807) is 19.6 Å². The highest BCUT2D eigenvalue weighted by molar-refractivity contribution is 5.93. The summed E-state index contributed by atoms with van der Waals surface area (Å²) in [6.07, 6.45) is 4.93. The van der Waals surface area contributed by atoms with Crippen LogP contribution in [0.4, 0.5) is 0 Å². The minimum atomic E-state index is -0.0785. The monoisotopic (exact) mass is 339 g/mol. The Hall–Kier alpha value is -2.93. The standard InChI is InChI=1S/C18H21N5O2/c1-19-18(24)16-6-4-15(5-7-16)11-22(12-17-3-2-10-25-17)8-9-23-14-20-13-21-23/h2-7,10,13-14H,8-9,11-12H2,1H3,(H,19,24). The van der Waals surface area contributed by atoms with Crippen LogP contribution in [0.25, 0.3) is 0 Å². The predicted octanol–water partition coefficient (Wildman–Crippen LogP) is 1.93. The van der Waals surface area contributed by atoms with Gasteiger partial charge in [-0.05, 0) is 29.8 Å². The smallest absolute Gasteiger partial charge is 0.251 e. The first-order valence-corrected chi connectivity index (χ1v) is 8.13. The molecule has 0 bridgehead atoms. The maximum absolute atomic E-state index is 11.6. The van der Waals surface area contributed by atoms with Gasteiger partial charge < -0.3 is 9.73 Å². The molecule has 3 rings (SSSR count). The third-order valence-electron chi connectivity index (χ3n) is 3.92. The van der Waals surface area contributed by atoms with Crippen molar-refractivity contribution in [2.24, 2.45) is 0 Å². The summed E-state index contributed by atoms with van der Waals surface area (Å²) in [6.45, 7) is 3.01. The van der Waals surface area contributed by atoms with Crippen molar-refractivity contribution in [2.45, 2.75) is 19.6 Å². The number of aromatic nitrogens is 3. The molecule has 0 fully saturated rings. The van der Waals surface area contributed by atoms with Crippen molar-refractivity contribution >= 4 is 5.91 Å². The van der Waals surface area contributed by atoms with Crippen molar-refractivity contribution in [3.63, 3.8) is 0 Å². The largest absolute Gasteiger partial charge is 0.468 e. The van der Waals surface area contributed by atoms with Crippen molar-refractivity contribution in [1.82, 2.24) is 25.0 Å². The molecule has 1 amide bonds. The topological polar surface area (TPSA) is 76.2 Å². The Morgan fingerprint density at radius 1 is 1.24 bits per heavy atom. The van der Waals surface area contributed by atoms with Crippen molar-refractivity contribution in [2.75, 3.05) is 13.6 Å². The molecule has 7 nitrogen and oxygen atoms in total. The molecule has 0 aliphatic heterocycles. The van der Waals surface area contributed by atoms with Gasteiger partial charge in [-0.15, -0.1) is 0 Å². The van der Waals surface area contributed by atoms with E-state index in [2.05, 4.69) is 20.3 Å². The second-order valence-electron chi connectivity index (χ2n) is 5.72. The van der Waals surface area contributed by atoms with Crippen LogP contribution in [0.3, 0.4) is 0 Å². The molecule has 3 aromatic rings. The molecule has 0 radical (unpaired) electrons. The summed E-state index contributed by atoms with van der Waals surface area (Å²) in [4.78, 5) is 17.9. The number of nitrogens with zero attached hydrogens (tertiary/aromatic N) is 4. The lowest BCUT2D eigenvalue weighted by Gasteiger charge is -2.21. The minimum Gasteiger partial charge on any atom is -0.468 e. The first kappa shape index (κ1) is 16.9. The second-order valence-corrected chi connectivity index (χ2v) is 5.72. The Kier molecular flexibility index (Phi) is 5.58. The van der Waals surface area contributed by atoms with Gasteiger partial charge >= 0.3 is 0 Å². The Bertz CT molecular complexity index is 766. The molecule has 1 aromatic carbocycles. The van der Waals surface area contributed by atoms with Crippen LogP contribution in [-0.2, 0) is 19.6 Å². The molecule has 0 aliphatic rings. The van der Waals surface area contributed by atoms with E-state index in [0.717, 1.165) is 31.0 Å². The summed E-state index contributed by atoms with van der Waals surface area (Å²) in [6, 6.07) is 11.5. The molecule has 0 spiro atoms. The van der Waals surface area contributed by atoms with E-state index in [0.29, 0.717) is 12.1 Å². The van der Waals surface area contributed by atoms with E-state index in [4.69, 9.17) is 4.42 Å². The van der Waals surface area contributed by atoms with Gasteiger partial charge in [-0.25, -0.2) is 4.98 Å². The Labute approximate surface area is 146 Å². The molecule has 0 saturated heterocycles. The van der Waals surface area contributed by atoms with Crippen LogP contribution in [0.5, 0.6) is 0 Å². The Balaban J connectivity index is 1.66. The van der Waals surface area contributed by atoms with E-state index in [-0.39, 0.29) is 5.91 Å². The number of furan rings is 1. The number of hydrogen-bond acceptors (Lipinski definition) is 5. The molecule has 0 aliphatic carbocycles. The summed E-state index contributed by atoms with van der Waals surface area (Å²) in [7, 11) is 1.63. The summed E-state index contributed by atoms with van der Waals surface area (Å²) in [5.74, 6) is 0.839. The third kappa shape index (κ3) is 4.77. The average Bonchev–Trinajstić information content (AvgIpc) is 3.33. The molecule has 1 N–H and O–H groups in total. The van der Waals surface area contributed by atoms with Crippen LogP contribution >= 0.6 is 0 Å². The third-order valence-corrected chi connectivity index (χ3v) is 3.92. The molecule has 0 atom stereocenters. The number of rotatable bonds is 8. The molecule has 0 unspecified atom stereocenters. The summed E-state index contributed by atoms with van der Waals surface area (Å²) < 4.78 is 7.28. The van der Waals surface area contributed by atoms with E-state index < -0.39 is 0 Å². The van der Waals surface area contributed by atoms with Crippen LogP contribution in [0.1, 0.15) is 21.7 Å².